The van der Waals surface area contributed by atoms with Crippen LogP contribution in [0.25, 0.3) is 11.4 Å². The van der Waals surface area contributed by atoms with Crippen molar-refractivity contribution in [1.29, 1.82) is 0 Å². The summed E-state index contributed by atoms with van der Waals surface area (Å²) in [4.78, 5) is 29.1. The molecule has 11 heteroatoms. The number of carbonyl (C=O) groups excluding carboxylic acids is 2. The van der Waals surface area contributed by atoms with Gasteiger partial charge in [-0.15, -0.1) is 5.10 Å². The Balaban J connectivity index is 1.79. The van der Waals surface area contributed by atoms with Crippen molar-refractivity contribution < 1.29 is 23.1 Å². The Morgan fingerprint density at radius 3 is 2.69 bits per heavy atom. The second-order valence-corrected chi connectivity index (χ2v) is 7.11. The lowest BCUT2D eigenvalue weighted by Crippen LogP contribution is -2.33. The van der Waals surface area contributed by atoms with Gasteiger partial charge in [0.25, 0.3) is 5.91 Å². The number of nitrogens with one attached hydrogen (secondary N) is 2. The van der Waals surface area contributed by atoms with E-state index >= 15 is 0 Å². The van der Waals surface area contributed by atoms with Crippen LogP contribution in [0.15, 0.2) is 42.5 Å². The zero-order chi connectivity index (χ0) is 23.1. The van der Waals surface area contributed by atoms with Crippen molar-refractivity contribution in [3.8, 4) is 11.4 Å². The van der Waals surface area contributed by atoms with Crippen LogP contribution in [0.5, 0.6) is 0 Å². The SMILES string of the molecule is COCCNC(=O)c1nc(-c2ccc(Cl)c(F)c2)nn1CC(=O)NCc1cccc(F)c1. The van der Waals surface area contributed by atoms with Gasteiger partial charge in [0.15, 0.2) is 5.82 Å². The molecule has 0 aliphatic heterocycles. The second-order valence-electron chi connectivity index (χ2n) is 6.70. The molecular weight excluding hydrogens is 444 g/mol. The maximum Gasteiger partial charge on any atom is 0.288 e. The van der Waals surface area contributed by atoms with Gasteiger partial charge in [-0.3, -0.25) is 9.59 Å². The molecule has 2 aromatic carbocycles. The van der Waals surface area contributed by atoms with Crippen molar-refractivity contribution in [1.82, 2.24) is 25.4 Å². The Labute approximate surface area is 187 Å². The monoisotopic (exact) mass is 463 g/mol. The number of halogens is 3. The number of benzene rings is 2. The Bertz CT molecular complexity index is 1120. The van der Waals surface area contributed by atoms with Crippen LogP contribution >= 0.6 is 11.6 Å². The van der Waals surface area contributed by atoms with Gasteiger partial charge in [-0.2, -0.15) is 0 Å². The third-order valence-corrected chi connectivity index (χ3v) is 4.62. The summed E-state index contributed by atoms with van der Waals surface area (Å²) in [6.45, 7) is 0.267. The third kappa shape index (κ3) is 6.08. The molecule has 0 aliphatic carbocycles. The van der Waals surface area contributed by atoms with E-state index in [2.05, 4.69) is 20.7 Å². The van der Waals surface area contributed by atoms with E-state index in [0.29, 0.717) is 5.56 Å². The number of ether oxygens (including phenoxy) is 1. The van der Waals surface area contributed by atoms with Gasteiger partial charge < -0.3 is 15.4 Å². The van der Waals surface area contributed by atoms with Gasteiger partial charge in [-0.25, -0.2) is 18.4 Å². The summed E-state index contributed by atoms with van der Waals surface area (Å²) in [5.74, 6) is -2.21. The quantitative estimate of drug-likeness (QED) is 0.475. The Hall–Kier alpha value is -3.37. The van der Waals surface area contributed by atoms with Gasteiger partial charge in [0.05, 0.1) is 11.6 Å². The molecule has 0 aliphatic rings. The normalized spacial score (nSPS) is 10.8. The molecule has 0 saturated carbocycles. The number of aromatic nitrogens is 3. The number of nitrogens with zero attached hydrogens (tertiary/aromatic N) is 3. The predicted octanol–water partition coefficient (Wildman–Crippen LogP) is 2.57. The van der Waals surface area contributed by atoms with Crippen LogP contribution in [-0.2, 0) is 22.6 Å². The van der Waals surface area contributed by atoms with Crippen molar-refractivity contribution in [2.75, 3.05) is 20.3 Å². The topological polar surface area (TPSA) is 98.1 Å². The Morgan fingerprint density at radius 2 is 1.97 bits per heavy atom. The fourth-order valence-corrected chi connectivity index (χ4v) is 2.88. The summed E-state index contributed by atoms with van der Waals surface area (Å²) < 4.78 is 33.2. The number of amides is 2. The van der Waals surface area contributed by atoms with Gasteiger partial charge >= 0.3 is 0 Å². The van der Waals surface area contributed by atoms with E-state index in [4.69, 9.17) is 16.3 Å². The van der Waals surface area contributed by atoms with Gasteiger partial charge in [0, 0.05) is 25.8 Å². The molecule has 8 nitrogen and oxygen atoms in total. The maximum atomic E-state index is 13.9. The molecule has 0 radical (unpaired) electrons. The molecule has 0 bridgehead atoms. The Morgan fingerprint density at radius 1 is 1.16 bits per heavy atom. The lowest BCUT2D eigenvalue weighted by Gasteiger charge is -2.08. The highest BCUT2D eigenvalue weighted by Crippen LogP contribution is 2.22. The average Bonchev–Trinajstić information content (AvgIpc) is 3.18. The molecule has 168 valence electrons. The first kappa shape index (κ1) is 23.3. The highest BCUT2D eigenvalue weighted by molar-refractivity contribution is 6.30. The molecule has 32 heavy (non-hydrogen) atoms. The lowest BCUT2D eigenvalue weighted by atomic mass is 10.2. The fourth-order valence-electron chi connectivity index (χ4n) is 2.76. The first-order chi connectivity index (χ1) is 15.4. The van der Waals surface area contributed by atoms with Crippen molar-refractivity contribution in [3.05, 3.63) is 70.5 Å². The predicted molar refractivity (Wildman–Crippen MR) is 113 cm³/mol. The first-order valence-corrected chi connectivity index (χ1v) is 9.93. The van der Waals surface area contributed by atoms with Gasteiger partial charge in [-0.1, -0.05) is 23.7 Å². The van der Waals surface area contributed by atoms with Crippen LogP contribution in [-0.4, -0.2) is 46.8 Å². The van der Waals surface area contributed by atoms with E-state index in [1.165, 1.54) is 37.4 Å². The smallest absolute Gasteiger partial charge is 0.288 e. The first-order valence-electron chi connectivity index (χ1n) is 9.56. The van der Waals surface area contributed by atoms with E-state index in [1.54, 1.807) is 6.07 Å². The molecule has 2 N–H and O–H groups in total. The Kier molecular flexibility index (Phi) is 7.85. The summed E-state index contributed by atoms with van der Waals surface area (Å²) in [6, 6.07) is 9.79. The lowest BCUT2D eigenvalue weighted by molar-refractivity contribution is -0.122. The molecule has 3 rings (SSSR count). The van der Waals surface area contributed by atoms with E-state index in [1.807, 2.05) is 0 Å². The summed E-state index contributed by atoms with van der Waals surface area (Å²) in [6.07, 6.45) is 0. The van der Waals surface area contributed by atoms with E-state index in [0.717, 1.165) is 10.7 Å². The molecule has 3 aromatic rings. The van der Waals surface area contributed by atoms with Gasteiger partial charge in [0.1, 0.15) is 18.2 Å². The minimum Gasteiger partial charge on any atom is -0.383 e. The third-order valence-electron chi connectivity index (χ3n) is 4.32. The molecule has 0 saturated heterocycles. The van der Waals surface area contributed by atoms with Crippen LogP contribution in [0.1, 0.15) is 16.2 Å². The number of rotatable bonds is 9. The van der Waals surface area contributed by atoms with Crippen LogP contribution in [0.3, 0.4) is 0 Å². The van der Waals surface area contributed by atoms with Crippen LogP contribution in [0, 0.1) is 11.6 Å². The fraction of sp³-hybridized carbons (Fsp3) is 0.238. The summed E-state index contributed by atoms with van der Waals surface area (Å²) in [5, 5.41) is 9.37. The zero-order valence-electron chi connectivity index (χ0n) is 17.1. The van der Waals surface area contributed by atoms with Gasteiger partial charge in [-0.05, 0) is 35.9 Å². The highest BCUT2D eigenvalue weighted by atomic mass is 35.5. The number of carbonyl (C=O) groups is 2. The van der Waals surface area contributed by atoms with Crippen LogP contribution in [0.2, 0.25) is 5.02 Å². The molecular formula is C21H20ClF2N5O3. The van der Waals surface area contributed by atoms with Gasteiger partial charge in [0.2, 0.25) is 11.7 Å². The molecule has 0 unspecified atom stereocenters. The minimum atomic E-state index is -0.667. The average molecular weight is 464 g/mol. The molecule has 0 atom stereocenters. The molecule has 0 fully saturated rings. The van der Waals surface area contributed by atoms with Crippen molar-refractivity contribution in [3.63, 3.8) is 0 Å². The zero-order valence-corrected chi connectivity index (χ0v) is 17.8. The molecule has 1 heterocycles. The molecule has 2 amide bonds. The summed E-state index contributed by atoms with van der Waals surface area (Å²) in [7, 11) is 1.49. The largest absolute Gasteiger partial charge is 0.383 e. The van der Waals surface area contributed by atoms with Crippen molar-refractivity contribution in [2.45, 2.75) is 13.1 Å². The van der Waals surface area contributed by atoms with E-state index in [-0.39, 0.29) is 48.5 Å². The number of hydrogen-bond acceptors (Lipinski definition) is 5. The highest BCUT2D eigenvalue weighted by Gasteiger charge is 2.20. The maximum absolute atomic E-state index is 13.9. The van der Waals surface area contributed by atoms with E-state index < -0.39 is 23.4 Å². The number of methoxy groups -OCH3 is 1. The van der Waals surface area contributed by atoms with Crippen LogP contribution in [0.4, 0.5) is 8.78 Å². The standard InChI is InChI=1S/C21H20ClF2N5O3/c1-32-8-7-25-21(31)20-27-19(14-5-6-16(22)17(24)10-14)28-29(20)12-18(30)26-11-13-3-2-4-15(23)9-13/h2-6,9-10H,7-8,11-12H2,1H3,(H,25,31)(H,26,30). The van der Waals surface area contributed by atoms with Crippen molar-refractivity contribution >= 4 is 23.4 Å². The summed E-state index contributed by atoms with van der Waals surface area (Å²) in [5.41, 5.74) is 0.864. The van der Waals surface area contributed by atoms with Crippen molar-refractivity contribution in [2.24, 2.45) is 0 Å². The number of hydrogen-bond donors (Lipinski definition) is 2. The minimum absolute atomic E-state index is 0.0513. The summed E-state index contributed by atoms with van der Waals surface area (Å²) >= 11 is 5.72. The van der Waals surface area contributed by atoms with E-state index in [9.17, 15) is 18.4 Å². The molecule has 0 spiro atoms. The molecule has 1 aromatic heterocycles. The van der Waals surface area contributed by atoms with Crippen LogP contribution < -0.4 is 10.6 Å². The second kappa shape index (κ2) is 10.8.